The van der Waals surface area contributed by atoms with Crippen molar-refractivity contribution in [2.45, 2.75) is 12.8 Å². The normalized spacial score (nSPS) is 14.3. The van der Waals surface area contributed by atoms with Crippen molar-refractivity contribution in [3.05, 3.63) is 47.5 Å². The molecule has 0 aliphatic carbocycles. The highest BCUT2D eigenvalue weighted by molar-refractivity contribution is 6.21. The predicted octanol–water partition coefficient (Wildman–Crippen LogP) is 1.82. The van der Waals surface area contributed by atoms with Gasteiger partial charge in [0, 0.05) is 6.54 Å². The predicted molar refractivity (Wildman–Crippen MR) is 66.2 cm³/mol. The van der Waals surface area contributed by atoms with E-state index >= 15 is 0 Å². The molecule has 0 bridgehead atoms. The van der Waals surface area contributed by atoms with Gasteiger partial charge in [-0.25, -0.2) is 0 Å². The van der Waals surface area contributed by atoms with E-state index in [1.807, 2.05) is 0 Å². The third kappa shape index (κ3) is 2.22. The summed E-state index contributed by atoms with van der Waals surface area (Å²) in [6.45, 7) is 0.384. The van der Waals surface area contributed by atoms with Gasteiger partial charge in [-0.15, -0.1) is 0 Å². The first-order valence-electron chi connectivity index (χ1n) is 5.81. The van der Waals surface area contributed by atoms with E-state index < -0.39 is 0 Å². The quantitative estimate of drug-likeness (QED) is 0.343. The second-order valence-electron chi connectivity index (χ2n) is 4.01. The number of rotatable bonds is 5. The number of unbranched alkanes of at least 4 members (excludes halogenated alkanes) is 1. The molecule has 4 heteroatoms. The summed E-state index contributed by atoms with van der Waals surface area (Å²) in [5, 5.41) is 0. The van der Waals surface area contributed by atoms with Crippen LogP contribution in [0.1, 0.15) is 33.6 Å². The smallest absolute Gasteiger partial charge is 0.261 e. The van der Waals surface area contributed by atoms with E-state index in [0.29, 0.717) is 36.8 Å². The van der Waals surface area contributed by atoms with E-state index in [0.717, 1.165) is 0 Å². The number of fused-ring (bicyclic) bond motifs is 1. The van der Waals surface area contributed by atoms with E-state index in [1.54, 1.807) is 30.3 Å². The Bertz CT molecular complexity index is 485. The molecule has 2 rings (SSSR count). The van der Waals surface area contributed by atoms with Gasteiger partial charge in [0.25, 0.3) is 11.8 Å². The molecule has 4 nitrogen and oxygen atoms in total. The number of benzene rings is 1. The lowest BCUT2D eigenvalue weighted by molar-refractivity contribution is -0.104. The van der Waals surface area contributed by atoms with Crippen LogP contribution in [0.2, 0.25) is 0 Å². The summed E-state index contributed by atoms with van der Waals surface area (Å²) in [6.07, 6.45) is 5.19. The standard InChI is InChI=1S/C14H13NO3/c16-10-6-2-1-5-9-15-13(17)11-7-3-4-8-12(11)14(15)18/h2-4,6-8,10H,1,5,9H2. The zero-order valence-electron chi connectivity index (χ0n) is 9.83. The molecule has 0 unspecified atom stereocenters. The van der Waals surface area contributed by atoms with Gasteiger partial charge in [0.2, 0.25) is 0 Å². The SMILES string of the molecule is O=CC=CCCCN1C(=O)c2ccccc2C1=O. The van der Waals surface area contributed by atoms with Crippen LogP contribution in [-0.2, 0) is 4.79 Å². The molecule has 0 radical (unpaired) electrons. The van der Waals surface area contributed by atoms with Crippen molar-refractivity contribution >= 4 is 18.1 Å². The van der Waals surface area contributed by atoms with Gasteiger partial charge in [-0.05, 0) is 31.1 Å². The van der Waals surface area contributed by atoms with Gasteiger partial charge >= 0.3 is 0 Å². The second-order valence-corrected chi connectivity index (χ2v) is 4.01. The third-order valence-electron chi connectivity index (χ3n) is 2.85. The zero-order valence-corrected chi connectivity index (χ0v) is 9.83. The van der Waals surface area contributed by atoms with Crippen LogP contribution in [-0.4, -0.2) is 29.5 Å². The molecule has 0 saturated carbocycles. The fraction of sp³-hybridized carbons (Fsp3) is 0.214. The van der Waals surface area contributed by atoms with Crippen LogP contribution >= 0.6 is 0 Å². The molecule has 92 valence electrons. The van der Waals surface area contributed by atoms with Gasteiger partial charge in [0.1, 0.15) is 6.29 Å². The highest BCUT2D eigenvalue weighted by atomic mass is 16.2. The summed E-state index contributed by atoms with van der Waals surface area (Å²) < 4.78 is 0. The summed E-state index contributed by atoms with van der Waals surface area (Å²) >= 11 is 0. The number of amides is 2. The van der Waals surface area contributed by atoms with Crippen molar-refractivity contribution in [3.8, 4) is 0 Å². The van der Waals surface area contributed by atoms with Crippen molar-refractivity contribution in [2.24, 2.45) is 0 Å². The first kappa shape index (κ1) is 12.2. The molecule has 0 spiro atoms. The molecule has 0 N–H and O–H groups in total. The van der Waals surface area contributed by atoms with Crippen LogP contribution in [0.25, 0.3) is 0 Å². The number of imide groups is 1. The minimum absolute atomic E-state index is 0.227. The lowest BCUT2D eigenvalue weighted by Gasteiger charge is -2.12. The van der Waals surface area contributed by atoms with Gasteiger partial charge in [-0.3, -0.25) is 19.3 Å². The Hall–Kier alpha value is -2.23. The van der Waals surface area contributed by atoms with Crippen LogP contribution in [0.5, 0.6) is 0 Å². The average Bonchev–Trinajstić information content (AvgIpc) is 2.64. The van der Waals surface area contributed by atoms with Crippen LogP contribution in [0, 0.1) is 0 Å². The Labute approximate surface area is 105 Å². The maximum absolute atomic E-state index is 12.0. The summed E-state index contributed by atoms with van der Waals surface area (Å²) in [7, 11) is 0. The van der Waals surface area contributed by atoms with Gasteiger partial charge < -0.3 is 0 Å². The molecular weight excluding hydrogens is 230 g/mol. The number of allylic oxidation sites excluding steroid dienone is 2. The molecule has 0 fully saturated rings. The Morgan fingerprint density at radius 2 is 1.67 bits per heavy atom. The van der Waals surface area contributed by atoms with E-state index in [1.165, 1.54) is 11.0 Å². The molecule has 2 amide bonds. The van der Waals surface area contributed by atoms with Crippen molar-refractivity contribution < 1.29 is 14.4 Å². The lowest BCUT2D eigenvalue weighted by atomic mass is 10.1. The van der Waals surface area contributed by atoms with Gasteiger partial charge in [0.05, 0.1) is 11.1 Å². The topological polar surface area (TPSA) is 54.5 Å². The third-order valence-corrected chi connectivity index (χ3v) is 2.85. The minimum Gasteiger partial charge on any atom is -0.299 e. The van der Waals surface area contributed by atoms with Gasteiger partial charge in [-0.2, -0.15) is 0 Å². The molecule has 0 saturated heterocycles. The van der Waals surface area contributed by atoms with Crippen LogP contribution in [0.15, 0.2) is 36.4 Å². The number of nitrogens with zero attached hydrogens (tertiary/aromatic N) is 1. The molecular formula is C14H13NO3. The maximum Gasteiger partial charge on any atom is 0.261 e. The van der Waals surface area contributed by atoms with Crippen LogP contribution in [0.3, 0.4) is 0 Å². The van der Waals surface area contributed by atoms with E-state index in [9.17, 15) is 14.4 Å². The van der Waals surface area contributed by atoms with Crippen molar-refractivity contribution in [3.63, 3.8) is 0 Å². The summed E-state index contributed by atoms with van der Waals surface area (Å²) in [4.78, 5) is 35.3. The Morgan fingerprint density at radius 3 is 2.22 bits per heavy atom. The zero-order chi connectivity index (χ0) is 13.0. The van der Waals surface area contributed by atoms with Crippen LogP contribution in [0.4, 0.5) is 0 Å². The first-order valence-corrected chi connectivity index (χ1v) is 5.81. The fourth-order valence-corrected chi connectivity index (χ4v) is 1.96. The van der Waals surface area contributed by atoms with Crippen molar-refractivity contribution in [1.82, 2.24) is 4.90 Å². The van der Waals surface area contributed by atoms with E-state index in [4.69, 9.17) is 0 Å². The summed E-state index contributed by atoms with van der Waals surface area (Å²) in [6, 6.07) is 6.84. The highest BCUT2D eigenvalue weighted by Crippen LogP contribution is 2.22. The summed E-state index contributed by atoms with van der Waals surface area (Å²) in [5.41, 5.74) is 0.955. The fourth-order valence-electron chi connectivity index (χ4n) is 1.96. The summed E-state index contributed by atoms with van der Waals surface area (Å²) in [5.74, 6) is -0.454. The molecule has 0 atom stereocenters. The molecule has 1 heterocycles. The monoisotopic (exact) mass is 243 g/mol. The average molecular weight is 243 g/mol. The molecule has 1 aliphatic heterocycles. The number of hydrogen-bond acceptors (Lipinski definition) is 3. The molecule has 1 aromatic carbocycles. The first-order chi connectivity index (χ1) is 8.75. The van der Waals surface area contributed by atoms with E-state index in [-0.39, 0.29) is 11.8 Å². The maximum atomic E-state index is 12.0. The van der Waals surface area contributed by atoms with Crippen LogP contribution < -0.4 is 0 Å². The largest absolute Gasteiger partial charge is 0.299 e. The Kier molecular flexibility index (Phi) is 3.67. The number of hydrogen-bond donors (Lipinski definition) is 0. The van der Waals surface area contributed by atoms with Gasteiger partial charge in [-0.1, -0.05) is 18.2 Å². The Balaban J connectivity index is 2.00. The Morgan fingerprint density at radius 1 is 1.06 bits per heavy atom. The van der Waals surface area contributed by atoms with Gasteiger partial charge in [0.15, 0.2) is 0 Å². The van der Waals surface area contributed by atoms with Crippen molar-refractivity contribution in [2.75, 3.05) is 6.54 Å². The minimum atomic E-state index is -0.227. The van der Waals surface area contributed by atoms with E-state index in [2.05, 4.69) is 0 Å². The molecule has 1 aromatic rings. The number of carbonyl (C=O) groups excluding carboxylic acids is 3. The highest BCUT2D eigenvalue weighted by Gasteiger charge is 2.34. The molecule has 1 aliphatic rings. The molecule has 18 heavy (non-hydrogen) atoms. The lowest BCUT2D eigenvalue weighted by Crippen LogP contribution is -2.30. The number of aldehydes is 1. The number of carbonyl (C=O) groups is 3. The van der Waals surface area contributed by atoms with Crippen molar-refractivity contribution in [1.29, 1.82) is 0 Å². The second kappa shape index (κ2) is 5.40. The molecule has 0 aromatic heterocycles.